The largest absolute Gasteiger partial charge is 0.326 e. The van der Waals surface area contributed by atoms with Crippen LogP contribution < -0.4 is 16.2 Å². The fourth-order valence-electron chi connectivity index (χ4n) is 3.48. The molecule has 0 radical (unpaired) electrons. The normalized spacial score (nSPS) is 21.5. The molecule has 164 valence electrons. The highest BCUT2D eigenvalue weighted by Crippen LogP contribution is 2.65. The molecular weight excluding hydrogens is 504 g/mol. The molecule has 5 nitrogen and oxygen atoms in total. The van der Waals surface area contributed by atoms with Gasteiger partial charge in [0.15, 0.2) is 0 Å². The fraction of sp³-hybridized carbons (Fsp3) is 0.333. The Morgan fingerprint density at radius 3 is 2.32 bits per heavy atom. The highest BCUT2D eigenvalue weighted by molar-refractivity contribution is 6.53. The van der Waals surface area contributed by atoms with Gasteiger partial charge in [0.2, 0.25) is 5.91 Å². The molecule has 2 saturated carbocycles. The van der Waals surface area contributed by atoms with Crippen molar-refractivity contribution in [1.29, 1.82) is 0 Å². The molecule has 2 fully saturated rings. The number of nitrogens with one attached hydrogen (secondary N) is 3. The van der Waals surface area contributed by atoms with Gasteiger partial charge in [-0.2, -0.15) is 0 Å². The Morgan fingerprint density at radius 2 is 1.68 bits per heavy atom. The van der Waals surface area contributed by atoms with Crippen LogP contribution in [0.5, 0.6) is 0 Å². The molecule has 0 spiro atoms. The maximum Gasteiger partial charge on any atom is 0.266 e. The summed E-state index contributed by atoms with van der Waals surface area (Å²) < 4.78 is -1.29. The van der Waals surface area contributed by atoms with Crippen LogP contribution in [-0.2, 0) is 4.79 Å². The topological polar surface area (TPSA) is 70.2 Å². The predicted molar refractivity (Wildman–Crippen MR) is 125 cm³/mol. The van der Waals surface area contributed by atoms with E-state index in [1.807, 2.05) is 0 Å². The van der Waals surface area contributed by atoms with Crippen molar-refractivity contribution in [2.24, 2.45) is 11.8 Å². The molecule has 2 aliphatic rings. The van der Waals surface area contributed by atoms with E-state index in [0.717, 1.165) is 12.8 Å². The van der Waals surface area contributed by atoms with Crippen LogP contribution in [-0.4, -0.2) is 22.7 Å². The van der Waals surface area contributed by atoms with Gasteiger partial charge in [0.05, 0.1) is 16.5 Å². The Kier molecular flexibility index (Phi) is 6.64. The van der Waals surface area contributed by atoms with E-state index in [4.69, 9.17) is 58.0 Å². The number of alkyl halides is 2. The van der Waals surface area contributed by atoms with Crippen LogP contribution in [0.15, 0.2) is 36.4 Å². The molecule has 2 aliphatic carbocycles. The van der Waals surface area contributed by atoms with Gasteiger partial charge in [-0.05, 0) is 60.7 Å². The highest BCUT2D eigenvalue weighted by Gasteiger charge is 2.67. The van der Waals surface area contributed by atoms with Crippen molar-refractivity contribution in [3.8, 4) is 0 Å². The van der Waals surface area contributed by atoms with Crippen molar-refractivity contribution in [3.05, 3.63) is 62.6 Å². The third-order valence-electron chi connectivity index (χ3n) is 5.35. The summed E-state index contributed by atoms with van der Waals surface area (Å²) in [6.07, 6.45) is 2.33. The van der Waals surface area contributed by atoms with Crippen LogP contribution >= 0.6 is 58.0 Å². The summed E-state index contributed by atoms with van der Waals surface area (Å²) in [7, 11) is 0. The number of carbonyl (C=O) groups excluding carboxylic acids is 2. The molecule has 2 atom stereocenters. The average Bonchev–Trinajstić information content (AvgIpc) is 3.58. The summed E-state index contributed by atoms with van der Waals surface area (Å²) in [6.45, 7) is 0.712. The smallest absolute Gasteiger partial charge is 0.266 e. The first kappa shape index (κ1) is 23.0. The van der Waals surface area contributed by atoms with Crippen molar-refractivity contribution in [2.75, 3.05) is 11.9 Å². The minimum atomic E-state index is -1.29. The predicted octanol–water partition coefficient (Wildman–Crippen LogP) is 5.82. The summed E-state index contributed by atoms with van der Waals surface area (Å²) in [6, 6.07) is 9.61. The van der Waals surface area contributed by atoms with Crippen molar-refractivity contribution >= 4 is 75.5 Å². The van der Waals surface area contributed by atoms with Gasteiger partial charge >= 0.3 is 0 Å². The van der Waals surface area contributed by atoms with Crippen LogP contribution in [0.25, 0.3) is 0 Å². The number of amides is 2. The van der Waals surface area contributed by atoms with Gasteiger partial charge < -0.3 is 5.32 Å². The van der Waals surface area contributed by atoms with Crippen LogP contribution in [0.1, 0.15) is 34.7 Å². The van der Waals surface area contributed by atoms with Crippen molar-refractivity contribution in [1.82, 2.24) is 10.9 Å². The lowest BCUT2D eigenvalue weighted by Crippen LogP contribution is -2.38. The van der Waals surface area contributed by atoms with Crippen LogP contribution in [0.2, 0.25) is 15.1 Å². The van der Waals surface area contributed by atoms with E-state index in [2.05, 4.69) is 16.2 Å². The Balaban J connectivity index is 1.45. The number of benzene rings is 2. The highest BCUT2D eigenvalue weighted by atomic mass is 35.5. The Bertz CT molecular complexity index is 1020. The van der Waals surface area contributed by atoms with Crippen LogP contribution in [0, 0.1) is 11.8 Å². The van der Waals surface area contributed by atoms with Gasteiger partial charge in [0.25, 0.3) is 5.91 Å². The monoisotopic (exact) mass is 519 g/mol. The molecule has 0 heterocycles. The molecule has 0 unspecified atom stereocenters. The van der Waals surface area contributed by atoms with Gasteiger partial charge in [0, 0.05) is 28.2 Å². The van der Waals surface area contributed by atoms with Gasteiger partial charge in [-0.3, -0.25) is 15.0 Å². The average molecular weight is 522 g/mol. The lowest BCUT2D eigenvalue weighted by molar-refractivity contribution is -0.117. The first-order chi connectivity index (χ1) is 14.7. The lowest BCUT2D eigenvalue weighted by atomic mass is 10.1. The second-order valence-electron chi connectivity index (χ2n) is 7.79. The Morgan fingerprint density at radius 1 is 1.00 bits per heavy atom. The summed E-state index contributed by atoms with van der Waals surface area (Å²) in [5, 5.41) is 3.90. The second kappa shape index (κ2) is 8.97. The summed E-state index contributed by atoms with van der Waals surface area (Å²) in [4.78, 5) is 25.3. The zero-order chi connectivity index (χ0) is 22.3. The SMILES string of the molecule is O=C(NNCC1CC1)c1cc(NC(=O)[C@H]2[C@H](c3cc(Cl)cc(Cl)c3)C2(Cl)Cl)ccc1Cl. The van der Waals surface area contributed by atoms with Crippen molar-refractivity contribution < 1.29 is 9.59 Å². The zero-order valence-corrected chi connectivity index (χ0v) is 19.8. The Labute approximate surface area is 204 Å². The minimum absolute atomic E-state index is 0.236. The molecule has 3 N–H and O–H groups in total. The molecule has 2 amide bonds. The maximum atomic E-state index is 12.9. The quantitative estimate of drug-likeness (QED) is 0.318. The van der Waals surface area contributed by atoms with E-state index in [0.29, 0.717) is 33.8 Å². The second-order valence-corrected chi connectivity index (χ2v) is 10.5. The summed E-state index contributed by atoms with van der Waals surface area (Å²) in [5.74, 6) is -1.34. The number of anilines is 1. The lowest BCUT2D eigenvalue weighted by Gasteiger charge is -2.11. The number of rotatable bonds is 7. The van der Waals surface area contributed by atoms with E-state index in [-0.39, 0.29) is 22.4 Å². The number of halogens is 5. The molecular formula is C21H18Cl5N3O2. The number of carbonyl (C=O) groups is 2. The molecule has 31 heavy (non-hydrogen) atoms. The number of hydrogen-bond donors (Lipinski definition) is 3. The van der Waals surface area contributed by atoms with E-state index in [1.54, 1.807) is 30.3 Å². The van der Waals surface area contributed by atoms with Gasteiger partial charge in [-0.15, -0.1) is 23.2 Å². The van der Waals surface area contributed by atoms with Crippen LogP contribution in [0.3, 0.4) is 0 Å². The van der Waals surface area contributed by atoms with Gasteiger partial charge in [-0.25, -0.2) is 5.43 Å². The third-order valence-corrected chi connectivity index (χ3v) is 7.05. The molecule has 4 rings (SSSR count). The van der Waals surface area contributed by atoms with Crippen LogP contribution in [0.4, 0.5) is 5.69 Å². The molecule has 0 aliphatic heterocycles. The molecule has 2 aromatic rings. The van der Waals surface area contributed by atoms with E-state index >= 15 is 0 Å². The first-order valence-corrected chi connectivity index (χ1v) is 11.5. The van der Waals surface area contributed by atoms with Gasteiger partial charge in [0.1, 0.15) is 4.33 Å². The van der Waals surface area contributed by atoms with E-state index < -0.39 is 16.2 Å². The fourth-order valence-corrected chi connectivity index (χ4v) is 5.06. The zero-order valence-electron chi connectivity index (χ0n) is 16.0. The minimum Gasteiger partial charge on any atom is -0.326 e. The Hall–Kier alpha value is -1.21. The third kappa shape index (κ3) is 5.24. The van der Waals surface area contributed by atoms with Gasteiger partial charge in [-0.1, -0.05) is 34.8 Å². The van der Waals surface area contributed by atoms with E-state index in [1.165, 1.54) is 6.07 Å². The number of hydrogen-bond acceptors (Lipinski definition) is 3. The molecule has 2 aromatic carbocycles. The molecule has 10 heteroatoms. The summed E-state index contributed by atoms with van der Waals surface area (Å²) >= 11 is 31.1. The summed E-state index contributed by atoms with van der Waals surface area (Å²) in [5.41, 5.74) is 6.85. The van der Waals surface area contributed by atoms with E-state index in [9.17, 15) is 9.59 Å². The molecule has 0 aromatic heterocycles. The first-order valence-electron chi connectivity index (χ1n) is 9.64. The van der Waals surface area contributed by atoms with Crippen molar-refractivity contribution in [2.45, 2.75) is 23.1 Å². The van der Waals surface area contributed by atoms with Crippen molar-refractivity contribution in [3.63, 3.8) is 0 Å². The number of hydrazine groups is 1. The maximum absolute atomic E-state index is 12.9. The molecule has 0 saturated heterocycles. The molecule has 0 bridgehead atoms. The standard InChI is InChI=1S/C21H18Cl5N3O2/c22-12-5-11(6-13(23)7-12)17-18(21(17,25)26)20(31)28-14-3-4-16(24)15(8-14)19(30)29-27-9-10-1-2-10/h3-8,10,17-18,27H,1-2,9H2,(H,28,31)(H,29,30)/t17-,18+/m0/s1.